The van der Waals surface area contributed by atoms with Gasteiger partial charge in [0.05, 0.1) is 0 Å². The lowest BCUT2D eigenvalue weighted by atomic mass is 9.94. The summed E-state index contributed by atoms with van der Waals surface area (Å²) in [6, 6.07) is 0. The van der Waals surface area contributed by atoms with Crippen molar-refractivity contribution in [2.45, 2.75) is 45.4 Å². The van der Waals surface area contributed by atoms with E-state index < -0.39 is 0 Å². The van der Waals surface area contributed by atoms with Crippen molar-refractivity contribution >= 4 is 11.8 Å². The summed E-state index contributed by atoms with van der Waals surface area (Å²) < 4.78 is 0. The molecule has 1 atom stereocenters. The van der Waals surface area contributed by atoms with Gasteiger partial charge in [-0.1, -0.05) is 6.92 Å². The third kappa shape index (κ3) is 4.99. The lowest BCUT2D eigenvalue weighted by Gasteiger charge is -2.25. The molecule has 0 aromatic carbocycles. The first-order valence-corrected chi connectivity index (χ1v) is 8.47. The fourth-order valence-corrected chi connectivity index (χ4v) is 3.30. The van der Waals surface area contributed by atoms with Crippen LogP contribution in [-0.4, -0.2) is 60.9 Å². The Bertz CT molecular complexity index is 353. The molecular weight excluding hydrogens is 266 g/mol. The van der Waals surface area contributed by atoms with Crippen LogP contribution >= 0.6 is 0 Å². The summed E-state index contributed by atoms with van der Waals surface area (Å²) in [7, 11) is 0. The van der Waals surface area contributed by atoms with Crippen molar-refractivity contribution in [3.63, 3.8) is 0 Å². The molecule has 0 aliphatic carbocycles. The van der Waals surface area contributed by atoms with Crippen molar-refractivity contribution in [1.82, 2.24) is 15.1 Å². The zero-order chi connectivity index (χ0) is 15.1. The zero-order valence-electron chi connectivity index (χ0n) is 13.3. The van der Waals surface area contributed by atoms with Gasteiger partial charge in [0.25, 0.3) is 0 Å². The zero-order valence-corrected chi connectivity index (χ0v) is 13.3. The molecule has 120 valence electrons. The minimum atomic E-state index is 0.206. The molecule has 1 N–H and O–H groups in total. The Labute approximate surface area is 128 Å². The molecule has 2 amide bonds. The van der Waals surface area contributed by atoms with E-state index in [2.05, 4.69) is 5.32 Å². The van der Waals surface area contributed by atoms with Crippen LogP contribution in [0.25, 0.3) is 0 Å². The molecule has 0 aromatic rings. The molecule has 0 saturated carbocycles. The van der Waals surface area contributed by atoms with Crippen LogP contribution in [0.5, 0.6) is 0 Å². The largest absolute Gasteiger partial charge is 0.341 e. The van der Waals surface area contributed by atoms with Crippen molar-refractivity contribution in [2.24, 2.45) is 5.92 Å². The summed E-state index contributed by atoms with van der Waals surface area (Å²) in [5.74, 6) is 1.14. The van der Waals surface area contributed by atoms with E-state index >= 15 is 0 Å². The predicted octanol–water partition coefficient (Wildman–Crippen LogP) is 1.24. The van der Waals surface area contributed by atoms with Crippen molar-refractivity contribution in [3.8, 4) is 0 Å². The average molecular weight is 295 g/mol. The van der Waals surface area contributed by atoms with E-state index in [1.807, 2.05) is 16.7 Å². The van der Waals surface area contributed by atoms with Crippen molar-refractivity contribution in [2.75, 3.05) is 39.3 Å². The van der Waals surface area contributed by atoms with E-state index in [4.69, 9.17) is 0 Å². The van der Waals surface area contributed by atoms with E-state index in [0.717, 1.165) is 39.0 Å². The molecule has 2 saturated heterocycles. The van der Waals surface area contributed by atoms with E-state index in [-0.39, 0.29) is 11.8 Å². The number of carbonyl (C=O) groups is 2. The fourth-order valence-electron chi connectivity index (χ4n) is 3.30. The second kappa shape index (κ2) is 8.37. The van der Waals surface area contributed by atoms with Gasteiger partial charge in [-0.2, -0.15) is 0 Å². The van der Waals surface area contributed by atoms with Crippen molar-refractivity contribution in [3.05, 3.63) is 0 Å². The van der Waals surface area contributed by atoms with Gasteiger partial charge in [-0.3, -0.25) is 9.59 Å². The Morgan fingerprint density at radius 2 is 1.76 bits per heavy atom. The number of amides is 2. The van der Waals surface area contributed by atoms with E-state index in [1.54, 1.807) is 0 Å². The highest BCUT2D eigenvalue weighted by Crippen LogP contribution is 2.17. The number of piperidine rings is 1. The van der Waals surface area contributed by atoms with Crippen LogP contribution in [0, 0.1) is 5.92 Å². The Balaban J connectivity index is 1.73. The standard InChI is InChI=1S/C16H29N3O2/c1-2-15(20)18-9-4-10-19(12-11-18)16(21)7-6-14-5-3-8-17-13-14/h14,17H,2-13H2,1H3. The highest BCUT2D eigenvalue weighted by Gasteiger charge is 2.22. The van der Waals surface area contributed by atoms with Gasteiger partial charge in [-0.15, -0.1) is 0 Å². The molecule has 0 radical (unpaired) electrons. The number of nitrogens with one attached hydrogen (secondary N) is 1. The Hall–Kier alpha value is -1.10. The van der Waals surface area contributed by atoms with E-state index in [9.17, 15) is 9.59 Å². The third-order valence-electron chi connectivity index (χ3n) is 4.67. The van der Waals surface area contributed by atoms with Crippen LogP contribution in [0.4, 0.5) is 0 Å². The van der Waals surface area contributed by atoms with Gasteiger partial charge < -0.3 is 15.1 Å². The summed E-state index contributed by atoms with van der Waals surface area (Å²) >= 11 is 0. The number of nitrogens with zero attached hydrogens (tertiary/aromatic N) is 2. The maximum atomic E-state index is 12.3. The summed E-state index contributed by atoms with van der Waals surface area (Å²) in [4.78, 5) is 27.9. The normalized spacial score (nSPS) is 23.8. The van der Waals surface area contributed by atoms with Crippen LogP contribution in [-0.2, 0) is 9.59 Å². The minimum Gasteiger partial charge on any atom is -0.341 e. The molecule has 2 fully saturated rings. The lowest BCUT2D eigenvalue weighted by molar-refractivity contribution is -0.133. The Morgan fingerprint density at radius 3 is 2.38 bits per heavy atom. The second-order valence-electron chi connectivity index (χ2n) is 6.22. The molecule has 2 aliphatic rings. The third-order valence-corrected chi connectivity index (χ3v) is 4.67. The highest BCUT2D eigenvalue weighted by atomic mass is 16.2. The summed E-state index contributed by atoms with van der Waals surface area (Å²) in [6.45, 7) is 7.08. The first-order valence-electron chi connectivity index (χ1n) is 8.47. The van der Waals surface area contributed by atoms with Gasteiger partial charge >= 0.3 is 0 Å². The fraction of sp³-hybridized carbons (Fsp3) is 0.875. The predicted molar refractivity (Wildman–Crippen MR) is 82.9 cm³/mol. The molecular formula is C16H29N3O2. The highest BCUT2D eigenvalue weighted by molar-refractivity contribution is 5.77. The second-order valence-corrected chi connectivity index (χ2v) is 6.22. The average Bonchev–Trinajstić information content (AvgIpc) is 2.79. The maximum absolute atomic E-state index is 12.3. The molecule has 5 nitrogen and oxygen atoms in total. The smallest absolute Gasteiger partial charge is 0.222 e. The van der Waals surface area contributed by atoms with Gasteiger partial charge in [0.2, 0.25) is 11.8 Å². The van der Waals surface area contributed by atoms with Gasteiger partial charge in [0.15, 0.2) is 0 Å². The molecule has 0 aromatic heterocycles. The molecule has 0 spiro atoms. The van der Waals surface area contributed by atoms with Crippen LogP contribution in [0.3, 0.4) is 0 Å². The molecule has 2 aliphatic heterocycles. The maximum Gasteiger partial charge on any atom is 0.222 e. The van der Waals surface area contributed by atoms with Gasteiger partial charge in [-0.25, -0.2) is 0 Å². The first kappa shape index (κ1) is 16.3. The Kier molecular flexibility index (Phi) is 6.49. The van der Waals surface area contributed by atoms with Crippen LogP contribution < -0.4 is 5.32 Å². The van der Waals surface area contributed by atoms with E-state index in [1.165, 1.54) is 12.8 Å². The molecule has 1 unspecified atom stereocenters. The molecule has 21 heavy (non-hydrogen) atoms. The van der Waals surface area contributed by atoms with Crippen molar-refractivity contribution < 1.29 is 9.59 Å². The van der Waals surface area contributed by atoms with Crippen LogP contribution in [0.2, 0.25) is 0 Å². The van der Waals surface area contributed by atoms with Gasteiger partial charge in [0.1, 0.15) is 0 Å². The lowest BCUT2D eigenvalue weighted by Crippen LogP contribution is -2.37. The number of rotatable bonds is 4. The quantitative estimate of drug-likeness (QED) is 0.849. The van der Waals surface area contributed by atoms with Crippen LogP contribution in [0.15, 0.2) is 0 Å². The van der Waals surface area contributed by atoms with E-state index in [0.29, 0.717) is 31.8 Å². The van der Waals surface area contributed by atoms with Gasteiger partial charge in [0, 0.05) is 39.0 Å². The number of hydrogen-bond acceptors (Lipinski definition) is 3. The molecule has 2 heterocycles. The Morgan fingerprint density at radius 1 is 1.05 bits per heavy atom. The number of hydrogen-bond donors (Lipinski definition) is 1. The summed E-state index contributed by atoms with van der Waals surface area (Å²) in [5.41, 5.74) is 0. The molecule has 2 rings (SSSR count). The van der Waals surface area contributed by atoms with Crippen molar-refractivity contribution in [1.29, 1.82) is 0 Å². The minimum absolute atomic E-state index is 0.206. The monoisotopic (exact) mass is 295 g/mol. The molecule has 0 bridgehead atoms. The van der Waals surface area contributed by atoms with Gasteiger partial charge in [-0.05, 0) is 44.7 Å². The summed E-state index contributed by atoms with van der Waals surface area (Å²) in [5, 5.41) is 3.40. The SMILES string of the molecule is CCC(=O)N1CCCN(C(=O)CCC2CCCNC2)CC1. The topological polar surface area (TPSA) is 52.7 Å². The summed E-state index contributed by atoms with van der Waals surface area (Å²) in [6.07, 6.45) is 5.61. The van der Waals surface area contributed by atoms with Crippen LogP contribution in [0.1, 0.15) is 45.4 Å². The number of carbonyl (C=O) groups excluding carboxylic acids is 2. The molecule has 5 heteroatoms. The first-order chi connectivity index (χ1) is 10.2.